The van der Waals surface area contributed by atoms with Crippen molar-refractivity contribution >= 4 is 23.3 Å². The van der Waals surface area contributed by atoms with Crippen LogP contribution in [0.5, 0.6) is 0 Å². The maximum Gasteiger partial charge on any atom is 0.170 e. The van der Waals surface area contributed by atoms with Crippen molar-refractivity contribution in [1.82, 2.24) is 10.3 Å². The zero-order chi connectivity index (χ0) is 37.8. The van der Waals surface area contributed by atoms with Gasteiger partial charge in [0.2, 0.25) is 0 Å². The van der Waals surface area contributed by atoms with E-state index in [2.05, 4.69) is 157 Å². The molecule has 4 heteroatoms. The lowest BCUT2D eigenvalue weighted by atomic mass is 9.67. The van der Waals surface area contributed by atoms with E-state index in [0.717, 1.165) is 66.0 Å². The average molecular weight is 717 g/mol. The van der Waals surface area contributed by atoms with E-state index in [9.17, 15) is 0 Å². The van der Waals surface area contributed by atoms with Crippen LogP contribution in [0.1, 0.15) is 89.6 Å². The molecule has 4 aliphatic rings. The van der Waals surface area contributed by atoms with Gasteiger partial charge in [-0.2, -0.15) is 0 Å². The van der Waals surface area contributed by atoms with Gasteiger partial charge in [0.25, 0.3) is 0 Å². The highest BCUT2D eigenvalue weighted by molar-refractivity contribution is 6.20. The first-order valence-electron chi connectivity index (χ1n) is 19.8. The van der Waals surface area contributed by atoms with E-state index >= 15 is 0 Å². The van der Waals surface area contributed by atoms with Crippen molar-refractivity contribution in [1.29, 1.82) is 0 Å². The zero-order valence-electron chi connectivity index (χ0n) is 32.1. The average Bonchev–Trinajstić information content (AvgIpc) is 3.34. The third-order valence-corrected chi connectivity index (χ3v) is 11.2. The summed E-state index contributed by atoms with van der Waals surface area (Å²) in [4.78, 5) is 15.4. The van der Waals surface area contributed by atoms with E-state index in [4.69, 9.17) is 9.98 Å². The number of hydrogen-bond donors (Lipinski definition) is 1. The van der Waals surface area contributed by atoms with Crippen molar-refractivity contribution in [2.24, 2.45) is 9.98 Å². The Bertz CT molecular complexity index is 2440. The first-order chi connectivity index (χ1) is 27.2. The summed E-state index contributed by atoms with van der Waals surface area (Å²) in [6.45, 7) is 10.3. The van der Waals surface area contributed by atoms with Gasteiger partial charge in [-0.05, 0) is 107 Å². The Kier molecular flexibility index (Phi) is 10.2. The Morgan fingerprint density at radius 2 is 1.45 bits per heavy atom. The van der Waals surface area contributed by atoms with Gasteiger partial charge in [0.15, 0.2) is 6.17 Å². The number of nitrogens with zero attached hydrogens (tertiary/aromatic N) is 3. The molecule has 0 saturated carbocycles. The van der Waals surface area contributed by atoms with E-state index in [1.807, 2.05) is 32.3 Å². The van der Waals surface area contributed by atoms with Crippen molar-refractivity contribution < 1.29 is 0 Å². The van der Waals surface area contributed by atoms with Crippen molar-refractivity contribution in [2.45, 2.75) is 64.5 Å². The number of aromatic nitrogens is 1. The molecule has 0 amide bonds. The van der Waals surface area contributed by atoms with Crippen LogP contribution in [0.15, 0.2) is 168 Å². The molecular formula is C51H48N4. The van der Waals surface area contributed by atoms with Gasteiger partial charge in [-0.25, -0.2) is 9.98 Å². The molecule has 0 bridgehead atoms. The third-order valence-electron chi connectivity index (χ3n) is 11.2. The molecule has 2 unspecified atom stereocenters. The molecule has 4 aromatic carbocycles. The Balaban J connectivity index is 0.00000210. The Labute approximate surface area is 326 Å². The number of aryl methyl sites for hydroxylation is 2. The molecule has 272 valence electrons. The third kappa shape index (κ3) is 6.26. The van der Waals surface area contributed by atoms with Crippen molar-refractivity contribution in [2.75, 3.05) is 0 Å². The van der Waals surface area contributed by atoms with Crippen LogP contribution in [0.3, 0.4) is 0 Å². The minimum absolute atomic E-state index is 0.492. The zero-order valence-corrected chi connectivity index (χ0v) is 32.1. The standard InChI is InChI=1S/C49H42N4.C2H6/c1-3-16-39(37-22-10-8-17-33(37)2)46-51-47(40-25-14-19-34-18-9-11-23-38(34)40)53-48(52-46)42-26-15-28-44-45(42)41-24-12-13-27-43(41)49(44,36-29-31-50-32-30-36)35-20-6-4-5-7-21-35;1-2/h3,6,8,10-17,19-32,46H,1,4-5,7,9,18H2,2H3,(H,51,52,53);1-2H3/b39-16+;. The van der Waals surface area contributed by atoms with E-state index < -0.39 is 11.6 Å². The molecule has 0 fully saturated rings. The summed E-state index contributed by atoms with van der Waals surface area (Å²) >= 11 is 0. The summed E-state index contributed by atoms with van der Waals surface area (Å²) in [5.74, 6) is 1.63. The van der Waals surface area contributed by atoms with Crippen LogP contribution >= 0.6 is 0 Å². The number of fused-ring (bicyclic) bond motifs is 4. The molecule has 4 nitrogen and oxygen atoms in total. The molecule has 5 aromatic rings. The monoisotopic (exact) mass is 716 g/mol. The number of aliphatic imine (C=N–C) groups is 2. The molecule has 1 aromatic heterocycles. The van der Waals surface area contributed by atoms with Crippen molar-refractivity contribution in [3.8, 4) is 11.1 Å². The van der Waals surface area contributed by atoms with E-state index in [0.29, 0.717) is 0 Å². The lowest BCUT2D eigenvalue weighted by Gasteiger charge is -2.34. The van der Waals surface area contributed by atoms with Crippen molar-refractivity contribution in [3.05, 3.63) is 208 Å². The van der Waals surface area contributed by atoms with Crippen LogP contribution in [0.2, 0.25) is 0 Å². The van der Waals surface area contributed by atoms with E-state index in [1.165, 1.54) is 50.1 Å². The first kappa shape index (κ1) is 35.9. The number of rotatable bonds is 7. The maximum absolute atomic E-state index is 5.52. The summed E-state index contributed by atoms with van der Waals surface area (Å²) in [7, 11) is 0. The second-order valence-corrected chi connectivity index (χ2v) is 14.2. The predicted molar refractivity (Wildman–Crippen MR) is 232 cm³/mol. The second kappa shape index (κ2) is 15.7. The summed E-state index contributed by atoms with van der Waals surface area (Å²) < 4.78 is 0. The van der Waals surface area contributed by atoms with Gasteiger partial charge in [-0.15, -0.1) is 0 Å². The fraction of sp³-hybridized carbons (Fsp3) is 0.196. The number of pyridine rings is 1. The minimum atomic E-state index is -0.504. The molecule has 55 heavy (non-hydrogen) atoms. The molecule has 0 saturated heterocycles. The maximum atomic E-state index is 5.52. The summed E-state index contributed by atoms with van der Waals surface area (Å²) in [5.41, 5.74) is 15.0. The summed E-state index contributed by atoms with van der Waals surface area (Å²) in [6.07, 6.45) is 24.3. The van der Waals surface area contributed by atoms with Gasteiger partial charge in [-0.3, -0.25) is 4.98 Å². The van der Waals surface area contributed by atoms with Crippen LogP contribution < -0.4 is 5.32 Å². The van der Waals surface area contributed by atoms with Gasteiger partial charge in [-0.1, -0.05) is 148 Å². The van der Waals surface area contributed by atoms with E-state index in [1.54, 1.807) is 0 Å². The van der Waals surface area contributed by atoms with Gasteiger partial charge >= 0.3 is 0 Å². The molecule has 2 atom stereocenters. The van der Waals surface area contributed by atoms with Gasteiger partial charge in [0, 0.05) is 29.1 Å². The fourth-order valence-corrected chi connectivity index (χ4v) is 8.84. The van der Waals surface area contributed by atoms with Crippen LogP contribution in [-0.4, -0.2) is 22.8 Å². The number of hydrogen-bond acceptors (Lipinski definition) is 4. The molecule has 0 spiro atoms. The highest BCUT2D eigenvalue weighted by atomic mass is 15.2. The molecule has 1 N–H and O–H groups in total. The Morgan fingerprint density at radius 3 is 2.29 bits per heavy atom. The molecule has 2 heterocycles. The smallest absolute Gasteiger partial charge is 0.170 e. The number of nitrogens with one attached hydrogen (secondary N) is 1. The highest BCUT2D eigenvalue weighted by Gasteiger charge is 2.48. The predicted octanol–water partition coefficient (Wildman–Crippen LogP) is 11.7. The Morgan fingerprint density at radius 1 is 0.745 bits per heavy atom. The number of amidine groups is 2. The lowest BCUT2D eigenvalue weighted by Crippen LogP contribution is -2.39. The quantitative estimate of drug-likeness (QED) is 0.171. The van der Waals surface area contributed by atoms with Gasteiger partial charge in [0.1, 0.15) is 11.7 Å². The second-order valence-electron chi connectivity index (χ2n) is 14.2. The van der Waals surface area contributed by atoms with Crippen molar-refractivity contribution in [3.63, 3.8) is 0 Å². The first-order valence-corrected chi connectivity index (χ1v) is 19.8. The number of allylic oxidation sites excluding steroid dienone is 7. The molecule has 3 aliphatic carbocycles. The van der Waals surface area contributed by atoms with Crippen LogP contribution in [-0.2, 0) is 11.8 Å². The SMILES string of the molecule is C=C/C=C(\c1ccccc1C)C1N=C(c2cccc3c2C=CCC3)NC(c2cccc3c2-c2ccccc2C3(C2=CCCCC=C2)c2ccncc2)=N1.CC. The minimum Gasteiger partial charge on any atom is -0.324 e. The Hall–Kier alpha value is -6.13. The molecular weight excluding hydrogens is 669 g/mol. The van der Waals surface area contributed by atoms with E-state index in [-0.39, 0.29) is 0 Å². The lowest BCUT2D eigenvalue weighted by molar-refractivity contribution is 0.757. The largest absolute Gasteiger partial charge is 0.324 e. The van der Waals surface area contributed by atoms with Gasteiger partial charge in [0.05, 0.1) is 5.41 Å². The molecule has 9 rings (SSSR count). The fourth-order valence-electron chi connectivity index (χ4n) is 8.84. The summed E-state index contributed by atoms with van der Waals surface area (Å²) in [5, 5.41) is 3.82. The molecule has 1 aliphatic heterocycles. The van der Waals surface area contributed by atoms with Crippen LogP contribution in [0, 0.1) is 6.92 Å². The molecule has 0 radical (unpaired) electrons. The number of benzene rings is 4. The highest BCUT2D eigenvalue weighted by Crippen LogP contribution is 2.57. The summed E-state index contributed by atoms with van der Waals surface area (Å²) in [6, 6.07) is 35.2. The normalized spacial score (nSPS) is 19.6. The van der Waals surface area contributed by atoms with Crippen LogP contribution in [0.4, 0.5) is 0 Å². The van der Waals surface area contributed by atoms with Crippen LogP contribution in [0.25, 0.3) is 22.8 Å². The van der Waals surface area contributed by atoms with Gasteiger partial charge < -0.3 is 5.32 Å². The topological polar surface area (TPSA) is 49.6 Å².